The van der Waals surface area contributed by atoms with Crippen LogP contribution in [0.4, 0.5) is 0 Å². The summed E-state index contributed by atoms with van der Waals surface area (Å²) in [6.45, 7) is 6.33. The molecule has 0 spiro atoms. The molecule has 0 aliphatic heterocycles. The van der Waals surface area contributed by atoms with Gasteiger partial charge < -0.3 is 14.6 Å². The molecular formula is C25H23ClN2O3. The smallest absolute Gasteiger partial charge is 0.173 e. The van der Waals surface area contributed by atoms with Crippen LogP contribution in [-0.4, -0.2) is 15.3 Å². The fraction of sp³-hybridized carbons (Fsp3) is 0.160. The lowest BCUT2D eigenvalue weighted by molar-refractivity contribution is 0.304. The molecule has 1 aromatic heterocycles. The van der Waals surface area contributed by atoms with Crippen LogP contribution in [0.25, 0.3) is 11.3 Å². The first-order valence-electron chi connectivity index (χ1n) is 9.90. The van der Waals surface area contributed by atoms with E-state index < -0.39 is 0 Å². The summed E-state index contributed by atoms with van der Waals surface area (Å²) in [5, 5.41) is 18.3. The van der Waals surface area contributed by atoms with Crippen LogP contribution >= 0.6 is 11.6 Å². The van der Waals surface area contributed by atoms with Crippen LogP contribution in [0.1, 0.15) is 22.3 Å². The maximum absolute atomic E-state index is 10.6. The van der Waals surface area contributed by atoms with Gasteiger partial charge in [-0.1, -0.05) is 41.4 Å². The number of halogens is 1. The first-order valence-corrected chi connectivity index (χ1v) is 10.3. The molecule has 3 aromatic carbocycles. The minimum atomic E-state index is 0.0685. The number of aromatic hydroxyl groups is 1. The van der Waals surface area contributed by atoms with Gasteiger partial charge in [0.25, 0.3) is 0 Å². The van der Waals surface area contributed by atoms with Crippen molar-refractivity contribution in [3.8, 4) is 34.3 Å². The molecule has 4 rings (SSSR count). The molecule has 0 unspecified atom stereocenters. The van der Waals surface area contributed by atoms with Crippen LogP contribution in [0.2, 0.25) is 5.02 Å². The van der Waals surface area contributed by atoms with Crippen LogP contribution in [0, 0.1) is 20.8 Å². The largest absolute Gasteiger partial charge is 0.507 e. The molecule has 5 nitrogen and oxygen atoms in total. The number of hydrogen-bond acceptors (Lipinski definition) is 4. The molecular weight excluding hydrogens is 412 g/mol. The highest BCUT2D eigenvalue weighted by Crippen LogP contribution is 2.39. The van der Waals surface area contributed by atoms with Gasteiger partial charge in [0.1, 0.15) is 29.5 Å². The molecule has 0 aliphatic carbocycles. The average Bonchev–Trinajstić information content (AvgIpc) is 3.19. The van der Waals surface area contributed by atoms with Crippen molar-refractivity contribution in [2.45, 2.75) is 27.4 Å². The van der Waals surface area contributed by atoms with Crippen LogP contribution in [0.3, 0.4) is 0 Å². The standard InChI is InChI=1S/C25H23ClN2O3/c1-15-4-6-18(7-5-15)14-30-19-8-9-21(22(29)12-19)25-23(13-27-28-25)31-20-10-16(2)24(26)17(3)11-20/h4-13,29H,14H2,1-3H3,(H,27,28). The van der Waals surface area contributed by atoms with Crippen molar-refractivity contribution >= 4 is 11.6 Å². The summed E-state index contributed by atoms with van der Waals surface area (Å²) in [6, 6.07) is 17.1. The van der Waals surface area contributed by atoms with Gasteiger partial charge >= 0.3 is 0 Å². The van der Waals surface area contributed by atoms with Gasteiger partial charge in [0, 0.05) is 16.7 Å². The van der Waals surface area contributed by atoms with E-state index in [9.17, 15) is 5.11 Å². The highest BCUT2D eigenvalue weighted by Gasteiger charge is 2.15. The van der Waals surface area contributed by atoms with Crippen molar-refractivity contribution < 1.29 is 14.6 Å². The molecule has 158 valence electrons. The summed E-state index contributed by atoms with van der Waals surface area (Å²) < 4.78 is 11.8. The van der Waals surface area contributed by atoms with Crippen LogP contribution in [0.5, 0.6) is 23.0 Å². The quantitative estimate of drug-likeness (QED) is 0.353. The van der Waals surface area contributed by atoms with Gasteiger partial charge in [0.15, 0.2) is 5.75 Å². The summed E-state index contributed by atoms with van der Waals surface area (Å²) in [7, 11) is 0. The second-order valence-corrected chi connectivity index (χ2v) is 7.91. The Labute approximate surface area is 186 Å². The van der Waals surface area contributed by atoms with Gasteiger partial charge in [-0.3, -0.25) is 5.10 Å². The predicted molar refractivity (Wildman–Crippen MR) is 122 cm³/mol. The molecule has 4 aromatic rings. The maximum Gasteiger partial charge on any atom is 0.173 e. The van der Waals surface area contributed by atoms with E-state index in [0.717, 1.165) is 21.7 Å². The van der Waals surface area contributed by atoms with E-state index in [1.165, 1.54) is 5.56 Å². The zero-order valence-electron chi connectivity index (χ0n) is 17.6. The second-order valence-electron chi connectivity index (χ2n) is 7.54. The lowest BCUT2D eigenvalue weighted by Gasteiger charge is -2.12. The molecule has 2 N–H and O–H groups in total. The first-order chi connectivity index (χ1) is 14.9. The number of aryl methyl sites for hydroxylation is 3. The van der Waals surface area contributed by atoms with E-state index in [-0.39, 0.29) is 5.75 Å². The van der Waals surface area contributed by atoms with Crippen LogP contribution < -0.4 is 9.47 Å². The van der Waals surface area contributed by atoms with Crippen molar-refractivity contribution in [2.24, 2.45) is 0 Å². The lowest BCUT2D eigenvalue weighted by atomic mass is 10.1. The van der Waals surface area contributed by atoms with Gasteiger partial charge in [-0.05, 0) is 61.7 Å². The molecule has 0 radical (unpaired) electrons. The van der Waals surface area contributed by atoms with Gasteiger partial charge in [-0.2, -0.15) is 5.10 Å². The Morgan fingerprint density at radius 3 is 2.32 bits per heavy atom. The number of rotatable bonds is 6. The number of benzene rings is 3. The van der Waals surface area contributed by atoms with Crippen molar-refractivity contribution in [1.82, 2.24) is 10.2 Å². The highest BCUT2D eigenvalue weighted by molar-refractivity contribution is 6.32. The minimum absolute atomic E-state index is 0.0685. The molecule has 0 atom stereocenters. The molecule has 0 saturated heterocycles. The Balaban J connectivity index is 1.53. The molecule has 0 saturated carbocycles. The molecule has 6 heteroatoms. The third-order valence-corrected chi connectivity index (χ3v) is 5.60. The fourth-order valence-corrected chi connectivity index (χ4v) is 3.41. The second kappa shape index (κ2) is 8.74. The number of nitrogens with zero attached hydrogens (tertiary/aromatic N) is 1. The van der Waals surface area contributed by atoms with E-state index in [4.69, 9.17) is 21.1 Å². The SMILES string of the molecule is Cc1ccc(COc2ccc(-c3[nH]ncc3Oc3cc(C)c(Cl)c(C)c3)c(O)c2)cc1. The summed E-state index contributed by atoms with van der Waals surface area (Å²) in [5.41, 5.74) is 5.27. The topological polar surface area (TPSA) is 67.4 Å². The number of phenols is 1. The first kappa shape index (κ1) is 20.8. The third-order valence-electron chi connectivity index (χ3n) is 5.01. The van der Waals surface area contributed by atoms with E-state index in [1.54, 1.807) is 18.3 Å². The van der Waals surface area contributed by atoms with Crippen molar-refractivity contribution in [3.63, 3.8) is 0 Å². The van der Waals surface area contributed by atoms with Crippen molar-refractivity contribution in [1.29, 1.82) is 0 Å². The normalized spacial score (nSPS) is 10.8. The molecule has 0 bridgehead atoms. The highest BCUT2D eigenvalue weighted by atomic mass is 35.5. The molecule has 31 heavy (non-hydrogen) atoms. The third kappa shape index (κ3) is 4.67. The number of phenolic OH excluding ortho intramolecular Hbond substituents is 1. The molecule has 0 amide bonds. The van der Waals surface area contributed by atoms with E-state index in [1.807, 2.05) is 63.2 Å². The zero-order chi connectivity index (χ0) is 22.0. The predicted octanol–water partition coefficient (Wildman–Crippen LogP) is 6.73. The van der Waals surface area contributed by atoms with Gasteiger partial charge in [-0.15, -0.1) is 0 Å². The molecule has 0 fully saturated rings. The van der Waals surface area contributed by atoms with E-state index in [0.29, 0.717) is 35.1 Å². The number of hydrogen-bond donors (Lipinski definition) is 2. The Bertz CT molecular complexity index is 1190. The summed E-state index contributed by atoms with van der Waals surface area (Å²) in [4.78, 5) is 0. The zero-order valence-corrected chi connectivity index (χ0v) is 18.3. The van der Waals surface area contributed by atoms with Crippen molar-refractivity contribution in [3.05, 3.63) is 88.1 Å². The minimum Gasteiger partial charge on any atom is -0.507 e. The monoisotopic (exact) mass is 434 g/mol. The summed E-state index contributed by atoms with van der Waals surface area (Å²) in [6.07, 6.45) is 1.58. The van der Waals surface area contributed by atoms with E-state index >= 15 is 0 Å². The number of nitrogens with one attached hydrogen (secondary N) is 1. The maximum atomic E-state index is 10.6. The number of aromatic nitrogens is 2. The molecule has 0 aliphatic rings. The summed E-state index contributed by atoms with van der Waals surface area (Å²) in [5.74, 6) is 1.80. The van der Waals surface area contributed by atoms with Gasteiger partial charge in [0.05, 0.1) is 6.20 Å². The number of H-pyrrole nitrogens is 1. The Morgan fingerprint density at radius 1 is 0.935 bits per heavy atom. The summed E-state index contributed by atoms with van der Waals surface area (Å²) >= 11 is 6.25. The Kier molecular flexibility index (Phi) is 5.87. The van der Waals surface area contributed by atoms with Gasteiger partial charge in [-0.25, -0.2) is 0 Å². The van der Waals surface area contributed by atoms with E-state index in [2.05, 4.69) is 10.2 Å². The van der Waals surface area contributed by atoms with Gasteiger partial charge in [0.2, 0.25) is 0 Å². The van der Waals surface area contributed by atoms with Crippen LogP contribution in [-0.2, 0) is 6.61 Å². The molecule has 1 heterocycles. The lowest BCUT2D eigenvalue weighted by Crippen LogP contribution is -1.95. The fourth-order valence-electron chi connectivity index (χ4n) is 3.30. The number of ether oxygens (including phenoxy) is 2. The van der Waals surface area contributed by atoms with Crippen molar-refractivity contribution in [2.75, 3.05) is 0 Å². The van der Waals surface area contributed by atoms with Crippen LogP contribution in [0.15, 0.2) is 60.8 Å². The Hall–Kier alpha value is -3.44. The Morgan fingerprint density at radius 2 is 1.65 bits per heavy atom. The average molecular weight is 435 g/mol. The number of aromatic amines is 1.